The van der Waals surface area contributed by atoms with Gasteiger partial charge in [0.25, 0.3) is 0 Å². The van der Waals surface area contributed by atoms with Crippen molar-refractivity contribution in [3.8, 4) is 0 Å². The molecule has 0 aliphatic heterocycles. The van der Waals surface area contributed by atoms with Gasteiger partial charge in [-0.25, -0.2) is 4.39 Å². The van der Waals surface area contributed by atoms with Gasteiger partial charge in [0.15, 0.2) is 4.80 Å². The van der Waals surface area contributed by atoms with Crippen LogP contribution in [-0.2, 0) is 13.0 Å². The minimum absolute atomic E-state index is 0.190. The molecular weight excluding hydrogens is 381 g/mol. The van der Waals surface area contributed by atoms with E-state index in [1.165, 1.54) is 61.2 Å². The first-order valence-corrected chi connectivity index (χ1v) is 12.2. The van der Waals surface area contributed by atoms with Gasteiger partial charge in [-0.2, -0.15) is 0 Å². The summed E-state index contributed by atoms with van der Waals surface area (Å²) in [4.78, 5) is 6.73. The van der Waals surface area contributed by atoms with Crippen molar-refractivity contribution in [2.75, 3.05) is 11.9 Å². The Labute approximate surface area is 177 Å². The summed E-state index contributed by atoms with van der Waals surface area (Å²) in [6.45, 7) is 4.14. The van der Waals surface area contributed by atoms with Crippen molar-refractivity contribution in [2.24, 2.45) is 22.7 Å². The van der Waals surface area contributed by atoms with Gasteiger partial charge >= 0.3 is 0 Å². The number of hydrogen-bond donors (Lipinski definition) is 1. The summed E-state index contributed by atoms with van der Waals surface area (Å²) in [6.07, 6.45) is 10.5. The summed E-state index contributed by atoms with van der Waals surface area (Å²) in [5.41, 5.74) is 2.58. The lowest BCUT2D eigenvalue weighted by Gasteiger charge is -2.54. The van der Waals surface area contributed by atoms with Crippen LogP contribution in [0.5, 0.6) is 0 Å². The van der Waals surface area contributed by atoms with Crippen LogP contribution in [0.25, 0.3) is 0 Å². The van der Waals surface area contributed by atoms with Crippen LogP contribution in [0.3, 0.4) is 0 Å². The molecule has 0 unspecified atom stereocenters. The summed E-state index contributed by atoms with van der Waals surface area (Å²) in [5, 5.41) is 5.73. The topological polar surface area (TPSA) is 29.3 Å². The quantitative estimate of drug-likeness (QED) is 0.627. The molecule has 3 nitrogen and oxygen atoms in total. The Hall–Kier alpha value is -1.62. The normalized spacial score (nSPS) is 30.8. The third kappa shape index (κ3) is 4.03. The minimum atomic E-state index is -0.190. The highest BCUT2D eigenvalue weighted by molar-refractivity contribution is 7.07. The van der Waals surface area contributed by atoms with Crippen molar-refractivity contribution in [1.29, 1.82) is 0 Å². The largest absolute Gasteiger partial charge is 0.385 e. The zero-order valence-electron chi connectivity index (χ0n) is 17.4. The molecule has 4 bridgehead atoms. The highest BCUT2D eigenvalue weighted by atomic mass is 32.1. The van der Waals surface area contributed by atoms with Crippen molar-refractivity contribution < 1.29 is 4.39 Å². The Bertz CT molecular complexity index is 876. The first kappa shape index (κ1) is 19.3. The molecule has 1 N–H and O–H groups in total. The lowest BCUT2D eigenvalue weighted by Crippen LogP contribution is -2.50. The predicted molar refractivity (Wildman–Crippen MR) is 118 cm³/mol. The Morgan fingerprint density at radius 3 is 2.38 bits per heavy atom. The standard InChI is InChI=1S/C24H32FN3S/c1-2-9-28-22(7-8-26-21-5-3-20(25)4-6-21)16-29-23(28)27-24-13-17-10-18(14-24)12-19(11-17)15-24/h3-6,16-19,26H,2,7-15H2,1H3. The summed E-state index contributed by atoms with van der Waals surface area (Å²) < 4.78 is 15.5. The molecule has 156 valence electrons. The number of halogens is 1. The van der Waals surface area contributed by atoms with Gasteiger partial charge in [0.05, 0.1) is 5.54 Å². The molecule has 0 atom stereocenters. The van der Waals surface area contributed by atoms with Crippen LogP contribution < -0.4 is 10.1 Å². The Morgan fingerprint density at radius 1 is 1.10 bits per heavy atom. The van der Waals surface area contributed by atoms with Crippen molar-refractivity contribution in [3.63, 3.8) is 0 Å². The first-order chi connectivity index (χ1) is 14.1. The van der Waals surface area contributed by atoms with E-state index < -0.39 is 0 Å². The Kier molecular flexibility index (Phi) is 5.27. The first-order valence-electron chi connectivity index (χ1n) is 11.3. The third-order valence-electron chi connectivity index (χ3n) is 7.22. The second kappa shape index (κ2) is 7.90. The number of thiazole rings is 1. The maximum Gasteiger partial charge on any atom is 0.185 e. The molecule has 0 radical (unpaired) electrons. The average molecular weight is 414 g/mol. The Morgan fingerprint density at radius 2 is 1.76 bits per heavy atom. The number of anilines is 1. The number of benzene rings is 1. The molecule has 0 amide bonds. The predicted octanol–water partition coefficient (Wildman–Crippen LogP) is 5.62. The maximum atomic E-state index is 13.1. The fourth-order valence-corrected chi connectivity index (χ4v) is 7.49. The van der Waals surface area contributed by atoms with E-state index in [9.17, 15) is 4.39 Å². The van der Waals surface area contributed by atoms with Gasteiger partial charge in [-0.05, 0) is 87.0 Å². The van der Waals surface area contributed by atoms with Crippen LogP contribution >= 0.6 is 11.3 Å². The van der Waals surface area contributed by atoms with E-state index in [1.54, 1.807) is 12.1 Å². The number of aromatic nitrogens is 1. The molecule has 1 aromatic carbocycles. The van der Waals surface area contributed by atoms with Gasteiger partial charge in [0.2, 0.25) is 0 Å². The average Bonchev–Trinajstić information content (AvgIpc) is 3.04. The highest BCUT2D eigenvalue weighted by Gasteiger charge is 2.51. The molecule has 1 aromatic heterocycles. The molecular formula is C24H32FN3S. The van der Waals surface area contributed by atoms with E-state index in [1.807, 2.05) is 11.3 Å². The number of rotatable bonds is 7. The van der Waals surface area contributed by atoms with Crippen LogP contribution in [-0.4, -0.2) is 16.7 Å². The van der Waals surface area contributed by atoms with Crippen LogP contribution in [0, 0.1) is 23.6 Å². The summed E-state index contributed by atoms with van der Waals surface area (Å²) in [7, 11) is 0. The highest BCUT2D eigenvalue weighted by Crippen LogP contribution is 2.57. The summed E-state index contributed by atoms with van der Waals surface area (Å²) in [6, 6.07) is 6.62. The second-order valence-electron chi connectivity index (χ2n) is 9.60. The van der Waals surface area contributed by atoms with Crippen LogP contribution in [0.1, 0.15) is 57.6 Å². The van der Waals surface area contributed by atoms with Gasteiger partial charge < -0.3 is 9.88 Å². The minimum Gasteiger partial charge on any atom is -0.385 e. The molecule has 0 saturated heterocycles. The molecule has 4 saturated carbocycles. The molecule has 4 aliphatic rings. The van der Waals surface area contributed by atoms with Gasteiger partial charge in [0.1, 0.15) is 5.82 Å². The molecule has 4 aliphatic carbocycles. The molecule has 29 heavy (non-hydrogen) atoms. The molecule has 0 spiro atoms. The van der Waals surface area contributed by atoms with Crippen LogP contribution in [0.4, 0.5) is 10.1 Å². The fraction of sp³-hybridized carbons (Fsp3) is 0.625. The lowest BCUT2D eigenvalue weighted by molar-refractivity contribution is -0.000410. The third-order valence-corrected chi connectivity index (χ3v) is 8.13. The zero-order valence-corrected chi connectivity index (χ0v) is 18.2. The lowest BCUT2D eigenvalue weighted by atomic mass is 9.53. The molecule has 2 aromatic rings. The van der Waals surface area contributed by atoms with Crippen molar-refractivity contribution in [1.82, 2.24) is 4.57 Å². The van der Waals surface area contributed by atoms with Crippen LogP contribution in [0.2, 0.25) is 0 Å². The van der Waals surface area contributed by atoms with Gasteiger partial charge in [-0.1, -0.05) is 6.92 Å². The van der Waals surface area contributed by atoms with Gasteiger partial charge in [-0.15, -0.1) is 11.3 Å². The summed E-state index contributed by atoms with van der Waals surface area (Å²) in [5.74, 6) is 2.61. The van der Waals surface area contributed by atoms with Crippen LogP contribution in [0.15, 0.2) is 34.6 Å². The van der Waals surface area contributed by atoms with E-state index in [2.05, 4.69) is 22.2 Å². The molecule has 5 heteroatoms. The number of nitrogens with one attached hydrogen (secondary N) is 1. The number of hydrogen-bond acceptors (Lipinski definition) is 3. The SMILES string of the molecule is CCCn1c(CCNc2ccc(F)cc2)csc1=NC12CC3CC(CC(C3)C1)C2. The summed E-state index contributed by atoms with van der Waals surface area (Å²) >= 11 is 1.83. The fourth-order valence-electron chi connectivity index (χ4n) is 6.42. The van der Waals surface area contributed by atoms with Crippen molar-refractivity contribution in [3.05, 3.63) is 46.0 Å². The zero-order chi connectivity index (χ0) is 19.8. The molecule has 1 heterocycles. The molecule has 6 rings (SSSR count). The van der Waals surface area contributed by atoms with E-state index in [4.69, 9.17) is 4.99 Å². The second-order valence-corrected chi connectivity index (χ2v) is 10.4. The molecule has 4 fully saturated rings. The van der Waals surface area contributed by atoms with Crippen molar-refractivity contribution in [2.45, 2.75) is 70.4 Å². The number of nitrogens with zero attached hydrogens (tertiary/aromatic N) is 2. The smallest absolute Gasteiger partial charge is 0.185 e. The van der Waals surface area contributed by atoms with Gasteiger partial charge in [-0.3, -0.25) is 4.99 Å². The monoisotopic (exact) mass is 413 g/mol. The maximum absolute atomic E-state index is 13.1. The van der Waals surface area contributed by atoms with E-state index in [0.717, 1.165) is 49.4 Å². The van der Waals surface area contributed by atoms with E-state index >= 15 is 0 Å². The van der Waals surface area contributed by atoms with E-state index in [-0.39, 0.29) is 11.4 Å². The van der Waals surface area contributed by atoms with Gasteiger partial charge in [0, 0.05) is 36.3 Å². The Balaban J connectivity index is 1.34. The van der Waals surface area contributed by atoms with E-state index in [0.29, 0.717) is 0 Å². The van der Waals surface area contributed by atoms with Crippen molar-refractivity contribution >= 4 is 17.0 Å².